The number of aryl methyl sites for hydroxylation is 2. The molecule has 0 aliphatic carbocycles. The van der Waals surface area contributed by atoms with Crippen molar-refractivity contribution in [3.8, 4) is 0 Å². The molecular weight excluding hydrogens is 359 g/mol. The first-order valence-electron chi connectivity index (χ1n) is 6.08. The molecule has 2 aromatic rings. The maximum absolute atomic E-state index is 12.2. The van der Waals surface area contributed by atoms with E-state index >= 15 is 0 Å². The second kappa shape index (κ2) is 4.91. The first-order chi connectivity index (χ1) is 9.16. The molecule has 1 amide bonds. The molecule has 3 rings (SSSR count). The number of rotatable bonds is 2. The molecule has 8 heteroatoms. The maximum Gasteiger partial charge on any atom is 0.277 e. The van der Waals surface area contributed by atoms with Crippen LogP contribution in [0.15, 0.2) is 6.20 Å². The predicted octanol–water partition coefficient (Wildman–Crippen LogP) is 1.20. The molecule has 0 spiro atoms. The van der Waals surface area contributed by atoms with Gasteiger partial charge in [-0.05, 0) is 35.4 Å². The molecular formula is C11H13IN6O. The molecule has 0 saturated carbocycles. The fourth-order valence-corrected chi connectivity index (χ4v) is 2.95. The molecule has 1 aliphatic heterocycles. The number of halogens is 1. The zero-order valence-electron chi connectivity index (χ0n) is 10.4. The van der Waals surface area contributed by atoms with Crippen LogP contribution in [0.1, 0.15) is 29.2 Å². The number of nitrogens with zero attached hydrogens (tertiary/aromatic N) is 5. The van der Waals surface area contributed by atoms with Crippen LogP contribution in [0.5, 0.6) is 0 Å². The van der Waals surface area contributed by atoms with Gasteiger partial charge in [0.25, 0.3) is 5.91 Å². The molecule has 1 N–H and O–H groups in total. The van der Waals surface area contributed by atoms with Gasteiger partial charge in [-0.3, -0.25) is 19.4 Å². The lowest BCUT2D eigenvalue weighted by atomic mass is 10.2. The third-order valence-corrected chi connectivity index (χ3v) is 3.98. The summed E-state index contributed by atoms with van der Waals surface area (Å²) in [6.45, 7) is 0.862. The number of anilines is 1. The minimum absolute atomic E-state index is 0.204. The van der Waals surface area contributed by atoms with Gasteiger partial charge in [-0.2, -0.15) is 5.10 Å². The summed E-state index contributed by atoms with van der Waals surface area (Å²) < 4.78 is 4.35. The third-order valence-electron chi connectivity index (χ3n) is 3.19. The summed E-state index contributed by atoms with van der Waals surface area (Å²) in [6.07, 6.45) is 4.81. The number of carbonyl (C=O) groups is 1. The van der Waals surface area contributed by atoms with E-state index in [4.69, 9.17) is 0 Å². The highest BCUT2D eigenvalue weighted by Crippen LogP contribution is 2.18. The van der Waals surface area contributed by atoms with Gasteiger partial charge in [-0.15, -0.1) is 10.2 Å². The van der Waals surface area contributed by atoms with E-state index < -0.39 is 0 Å². The smallest absolute Gasteiger partial charge is 0.277 e. The van der Waals surface area contributed by atoms with Crippen LogP contribution in [-0.4, -0.2) is 30.5 Å². The fraction of sp³-hybridized carbons (Fsp3) is 0.455. The maximum atomic E-state index is 12.2. The summed E-state index contributed by atoms with van der Waals surface area (Å²) in [6, 6.07) is 0. The van der Waals surface area contributed by atoms with E-state index in [0.29, 0.717) is 11.6 Å². The number of carbonyl (C=O) groups excluding carboxylic acids is 1. The number of nitrogens with one attached hydrogen (secondary N) is 1. The Balaban J connectivity index is 1.86. The Labute approximate surface area is 123 Å². The Hall–Kier alpha value is -1.45. The zero-order valence-corrected chi connectivity index (χ0v) is 12.6. The lowest BCUT2D eigenvalue weighted by molar-refractivity contribution is 0.101. The second-order valence-electron chi connectivity index (χ2n) is 4.47. The summed E-state index contributed by atoms with van der Waals surface area (Å²) in [5.74, 6) is 1.27. The topological polar surface area (TPSA) is 77.6 Å². The number of aromatic nitrogens is 5. The number of hydrogen-bond donors (Lipinski definition) is 1. The van der Waals surface area contributed by atoms with E-state index in [1.54, 1.807) is 17.9 Å². The van der Waals surface area contributed by atoms with Crippen molar-refractivity contribution in [2.45, 2.75) is 25.8 Å². The van der Waals surface area contributed by atoms with Crippen molar-refractivity contribution >= 4 is 34.4 Å². The molecule has 0 fully saturated rings. The Morgan fingerprint density at radius 2 is 2.26 bits per heavy atom. The molecule has 7 nitrogen and oxygen atoms in total. The molecule has 0 atom stereocenters. The van der Waals surface area contributed by atoms with Crippen molar-refractivity contribution in [1.82, 2.24) is 24.5 Å². The normalized spacial score (nSPS) is 14.2. The van der Waals surface area contributed by atoms with Crippen LogP contribution in [0.25, 0.3) is 0 Å². The number of hydrogen-bond acceptors (Lipinski definition) is 4. The van der Waals surface area contributed by atoms with Crippen LogP contribution >= 0.6 is 22.6 Å². The molecule has 0 unspecified atom stereocenters. The first kappa shape index (κ1) is 12.6. The molecule has 2 aromatic heterocycles. The van der Waals surface area contributed by atoms with Crippen LogP contribution < -0.4 is 5.32 Å². The van der Waals surface area contributed by atoms with Crippen LogP contribution in [0, 0.1) is 3.57 Å². The summed E-state index contributed by atoms with van der Waals surface area (Å²) in [5.41, 5.74) is 0.536. The van der Waals surface area contributed by atoms with Gasteiger partial charge in [0.05, 0.1) is 9.77 Å². The van der Waals surface area contributed by atoms with Crippen molar-refractivity contribution in [2.75, 3.05) is 5.32 Å². The van der Waals surface area contributed by atoms with Gasteiger partial charge in [-0.25, -0.2) is 0 Å². The van der Waals surface area contributed by atoms with E-state index in [1.165, 1.54) is 0 Å². The van der Waals surface area contributed by atoms with Crippen molar-refractivity contribution in [1.29, 1.82) is 0 Å². The predicted molar refractivity (Wildman–Crippen MR) is 76.8 cm³/mol. The minimum atomic E-state index is -0.204. The van der Waals surface area contributed by atoms with Crippen molar-refractivity contribution in [3.05, 3.63) is 21.3 Å². The highest BCUT2D eigenvalue weighted by atomic mass is 127. The van der Waals surface area contributed by atoms with Gasteiger partial charge in [0, 0.05) is 20.0 Å². The standard InChI is InChI=1S/C11H13IN6O/c1-17-9(7(12)6-13-17)10(19)14-11-16-15-8-4-2-3-5-18(8)11/h6H,2-5H2,1H3,(H,14,16,19). The van der Waals surface area contributed by atoms with Crippen LogP contribution in [0.2, 0.25) is 0 Å². The summed E-state index contributed by atoms with van der Waals surface area (Å²) in [5, 5.41) is 15.0. The molecule has 100 valence electrons. The summed E-state index contributed by atoms with van der Waals surface area (Å²) in [4.78, 5) is 12.2. The Morgan fingerprint density at radius 1 is 1.42 bits per heavy atom. The molecule has 0 bridgehead atoms. The number of amides is 1. The Bertz CT molecular complexity index is 612. The van der Waals surface area contributed by atoms with E-state index in [-0.39, 0.29) is 5.91 Å². The van der Waals surface area contributed by atoms with Gasteiger partial charge >= 0.3 is 0 Å². The zero-order chi connectivity index (χ0) is 13.4. The average Bonchev–Trinajstić information content (AvgIpc) is 2.94. The van der Waals surface area contributed by atoms with Gasteiger partial charge in [0.15, 0.2) is 0 Å². The average molecular weight is 372 g/mol. The van der Waals surface area contributed by atoms with Gasteiger partial charge in [0.1, 0.15) is 11.5 Å². The summed E-state index contributed by atoms with van der Waals surface area (Å²) in [7, 11) is 1.75. The van der Waals surface area contributed by atoms with E-state index in [0.717, 1.165) is 35.2 Å². The van der Waals surface area contributed by atoms with Gasteiger partial charge < -0.3 is 0 Å². The summed E-state index contributed by atoms with van der Waals surface area (Å²) >= 11 is 2.09. The lowest BCUT2D eigenvalue weighted by Crippen LogP contribution is -2.21. The minimum Gasteiger partial charge on any atom is -0.297 e. The first-order valence-corrected chi connectivity index (χ1v) is 7.15. The van der Waals surface area contributed by atoms with Crippen LogP contribution in [-0.2, 0) is 20.0 Å². The molecule has 3 heterocycles. The molecule has 19 heavy (non-hydrogen) atoms. The highest BCUT2D eigenvalue weighted by molar-refractivity contribution is 14.1. The quantitative estimate of drug-likeness (QED) is 0.804. The van der Waals surface area contributed by atoms with E-state index in [9.17, 15) is 4.79 Å². The van der Waals surface area contributed by atoms with Gasteiger partial charge in [0.2, 0.25) is 5.95 Å². The molecule has 0 aromatic carbocycles. The van der Waals surface area contributed by atoms with Crippen molar-refractivity contribution in [3.63, 3.8) is 0 Å². The van der Waals surface area contributed by atoms with E-state index in [1.807, 2.05) is 4.57 Å². The Morgan fingerprint density at radius 3 is 3.00 bits per heavy atom. The largest absolute Gasteiger partial charge is 0.297 e. The fourth-order valence-electron chi connectivity index (χ4n) is 2.23. The lowest BCUT2D eigenvalue weighted by Gasteiger charge is -2.14. The molecule has 0 radical (unpaired) electrons. The monoisotopic (exact) mass is 372 g/mol. The van der Waals surface area contributed by atoms with Crippen LogP contribution in [0.4, 0.5) is 5.95 Å². The molecule has 1 aliphatic rings. The van der Waals surface area contributed by atoms with Crippen LogP contribution in [0.3, 0.4) is 0 Å². The van der Waals surface area contributed by atoms with E-state index in [2.05, 4.69) is 43.2 Å². The SMILES string of the molecule is Cn1ncc(I)c1C(=O)Nc1nnc2n1CCCC2. The van der Waals surface area contributed by atoms with Gasteiger partial charge in [-0.1, -0.05) is 0 Å². The van der Waals surface area contributed by atoms with Crippen molar-refractivity contribution < 1.29 is 4.79 Å². The van der Waals surface area contributed by atoms with Crippen molar-refractivity contribution in [2.24, 2.45) is 7.05 Å². The second-order valence-corrected chi connectivity index (χ2v) is 5.63. The number of fused-ring (bicyclic) bond motifs is 1. The third kappa shape index (κ3) is 2.24. The highest BCUT2D eigenvalue weighted by Gasteiger charge is 2.20. The Kier molecular flexibility index (Phi) is 3.25. The molecule has 0 saturated heterocycles.